The van der Waals surface area contributed by atoms with E-state index in [1.807, 2.05) is 0 Å². The van der Waals surface area contributed by atoms with Gasteiger partial charge in [-0.2, -0.15) is 4.98 Å². The Morgan fingerprint density at radius 1 is 1.26 bits per heavy atom. The van der Waals surface area contributed by atoms with Crippen molar-refractivity contribution in [2.24, 2.45) is 5.92 Å². The summed E-state index contributed by atoms with van der Waals surface area (Å²) >= 11 is 0. The fourth-order valence-corrected chi connectivity index (χ4v) is 2.71. The van der Waals surface area contributed by atoms with E-state index in [2.05, 4.69) is 39.7 Å². The molecule has 0 bridgehead atoms. The molecule has 0 saturated heterocycles. The first-order valence-corrected chi connectivity index (χ1v) is 7.03. The highest BCUT2D eigenvalue weighted by molar-refractivity contribution is 5.53. The van der Waals surface area contributed by atoms with Crippen molar-refractivity contribution < 1.29 is 4.52 Å². The standard InChI is InChI=1S/C15H17N3O/c1-2-4-13-11(3-1)8-12(9-16-13)15-17-14(18-19-15)7-10-5-6-10/h1-4,10,12,16H,5-9H2. The third kappa shape index (κ3) is 2.23. The van der Waals surface area contributed by atoms with Crippen LogP contribution in [0.3, 0.4) is 0 Å². The average Bonchev–Trinajstić information content (AvgIpc) is 3.14. The molecule has 4 rings (SSSR count). The minimum atomic E-state index is 0.301. The molecular weight excluding hydrogens is 238 g/mol. The number of hydrogen-bond donors (Lipinski definition) is 1. The number of aromatic nitrogens is 2. The fourth-order valence-electron chi connectivity index (χ4n) is 2.71. The molecule has 1 aromatic carbocycles. The van der Waals surface area contributed by atoms with E-state index >= 15 is 0 Å². The zero-order valence-corrected chi connectivity index (χ0v) is 10.8. The van der Waals surface area contributed by atoms with Crippen molar-refractivity contribution >= 4 is 5.69 Å². The Bertz CT molecular complexity index is 589. The number of para-hydroxylation sites is 1. The quantitative estimate of drug-likeness (QED) is 0.916. The number of rotatable bonds is 3. The first-order chi connectivity index (χ1) is 9.38. The lowest BCUT2D eigenvalue weighted by Crippen LogP contribution is -2.21. The maximum Gasteiger partial charge on any atom is 0.231 e. The Morgan fingerprint density at radius 2 is 2.16 bits per heavy atom. The monoisotopic (exact) mass is 255 g/mol. The third-order valence-corrected chi connectivity index (χ3v) is 4.02. The van der Waals surface area contributed by atoms with E-state index in [1.165, 1.54) is 24.1 Å². The van der Waals surface area contributed by atoms with Crippen molar-refractivity contribution in [1.29, 1.82) is 0 Å². The van der Waals surface area contributed by atoms with Crippen LogP contribution in [0.15, 0.2) is 28.8 Å². The van der Waals surface area contributed by atoms with Gasteiger partial charge in [0.1, 0.15) is 0 Å². The normalized spacial score (nSPS) is 21.8. The molecule has 4 nitrogen and oxygen atoms in total. The summed E-state index contributed by atoms with van der Waals surface area (Å²) in [6, 6.07) is 8.43. The second-order valence-electron chi connectivity index (χ2n) is 5.64. The molecule has 4 heteroatoms. The van der Waals surface area contributed by atoms with Crippen LogP contribution in [-0.4, -0.2) is 16.7 Å². The second kappa shape index (κ2) is 4.37. The van der Waals surface area contributed by atoms with Gasteiger partial charge in [-0.25, -0.2) is 0 Å². The van der Waals surface area contributed by atoms with E-state index in [1.54, 1.807) is 0 Å². The molecule has 98 valence electrons. The Morgan fingerprint density at radius 3 is 3.05 bits per heavy atom. The van der Waals surface area contributed by atoms with Crippen LogP contribution in [0.5, 0.6) is 0 Å². The molecule has 1 aliphatic heterocycles. The van der Waals surface area contributed by atoms with Gasteiger partial charge in [0.15, 0.2) is 5.82 Å². The van der Waals surface area contributed by atoms with Crippen LogP contribution in [0, 0.1) is 5.92 Å². The van der Waals surface area contributed by atoms with E-state index in [4.69, 9.17) is 4.52 Å². The Labute approximate surface area is 112 Å². The van der Waals surface area contributed by atoms with E-state index in [-0.39, 0.29) is 0 Å². The number of nitrogens with zero attached hydrogens (tertiary/aromatic N) is 2. The zero-order chi connectivity index (χ0) is 12.7. The zero-order valence-electron chi connectivity index (χ0n) is 10.8. The van der Waals surface area contributed by atoms with Crippen molar-refractivity contribution in [2.75, 3.05) is 11.9 Å². The first-order valence-electron chi connectivity index (χ1n) is 7.03. The smallest absolute Gasteiger partial charge is 0.231 e. The largest absolute Gasteiger partial charge is 0.384 e. The van der Waals surface area contributed by atoms with Gasteiger partial charge in [-0.15, -0.1) is 0 Å². The van der Waals surface area contributed by atoms with Gasteiger partial charge < -0.3 is 9.84 Å². The molecule has 1 aromatic heterocycles. The number of anilines is 1. The molecule has 1 saturated carbocycles. The van der Waals surface area contributed by atoms with Crippen molar-refractivity contribution in [3.8, 4) is 0 Å². The minimum Gasteiger partial charge on any atom is -0.384 e. The van der Waals surface area contributed by atoms with E-state index in [9.17, 15) is 0 Å². The topological polar surface area (TPSA) is 51.0 Å². The van der Waals surface area contributed by atoms with Crippen molar-refractivity contribution in [3.63, 3.8) is 0 Å². The van der Waals surface area contributed by atoms with Gasteiger partial charge in [0, 0.05) is 18.7 Å². The molecule has 0 spiro atoms. The number of fused-ring (bicyclic) bond motifs is 1. The molecule has 1 aliphatic carbocycles. The van der Waals surface area contributed by atoms with Crippen LogP contribution in [0.4, 0.5) is 5.69 Å². The molecule has 2 aromatic rings. The highest BCUT2D eigenvalue weighted by Crippen LogP contribution is 2.33. The number of benzene rings is 1. The Hall–Kier alpha value is -1.84. The van der Waals surface area contributed by atoms with E-state index in [0.717, 1.165) is 37.0 Å². The first kappa shape index (κ1) is 11.0. The Balaban J connectivity index is 1.52. The molecule has 2 aliphatic rings. The SMILES string of the molecule is c1ccc2c(c1)CC(c1nc(CC3CC3)no1)CN2. The lowest BCUT2D eigenvalue weighted by molar-refractivity contribution is 0.349. The van der Waals surface area contributed by atoms with Crippen LogP contribution in [0.1, 0.15) is 36.0 Å². The Kier molecular flexibility index (Phi) is 2.53. The summed E-state index contributed by atoms with van der Waals surface area (Å²) in [6.45, 7) is 0.877. The lowest BCUT2D eigenvalue weighted by atomic mass is 9.94. The summed E-state index contributed by atoms with van der Waals surface area (Å²) in [5, 5.41) is 7.56. The van der Waals surface area contributed by atoms with Crippen LogP contribution in [-0.2, 0) is 12.8 Å². The number of hydrogen-bond acceptors (Lipinski definition) is 4. The summed E-state index contributed by atoms with van der Waals surface area (Å²) in [5.41, 5.74) is 2.57. The second-order valence-corrected chi connectivity index (χ2v) is 5.64. The summed E-state index contributed by atoms with van der Waals surface area (Å²) in [6.07, 6.45) is 4.61. The van der Waals surface area contributed by atoms with Gasteiger partial charge in [-0.05, 0) is 36.8 Å². The molecule has 0 amide bonds. The predicted octanol–water partition coefficient (Wildman–Crippen LogP) is 2.77. The summed E-state index contributed by atoms with van der Waals surface area (Å²) in [4.78, 5) is 4.57. The van der Waals surface area contributed by atoms with Gasteiger partial charge in [0.2, 0.25) is 5.89 Å². The average molecular weight is 255 g/mol. The predicted molar refractivity (Wildman–Crippen MR) is 72.1 cm³/mol. The highest BCUT2D eigenvalue weighted by Gasteiger charge is 2.27. The van der Waals surface area contributed by atoms with Crippen LogP contribution in [0.25, 0.3) is 0 Å². The van der Waals surface area contributed by atoms with Crippen molar-refractivity contribution in [1.82, 2.24) is 10.1 Å². The van der Waals surface area contributed by atoms with Crippen molar-refractivity contribution in [3.05, 3.63) is 41.5 Å². The molecular formula is C15H17N3O. The summed E-state index contributed by atoms with van der Waals surface area (Å²) in [5.74, 6) is 2.78. The minimum absolute atomic E-state index is 0.301. The maximum atomic E-state index is 5.45. The molecule has 0 radical (unpaired) electrons. The van der Waals surface area contributed by atoms with E-state index in [0.29, 0.717) is 5.92 Å². The molecule has 1 fully saturated rings. The van der Waals surface area contributed by atoms with Gasteiger partial charge in [-0.3, -0.25) is 0 Å². The highest BCUT2D eigenvalue weighted by atomic mass is 16.5. The third-order valence-electron chi connectivity index (χ3n) is 4.02. The lowest BCUT2D eigenvalue weighted by Gasteiger charge is -2.23. The summed E-state index contributed by atoms with van der Waals surface area (Å²) in [7, 11) is 0. The van der Waals surface area contributed by atoms with Gasteiger partial charge in [0.05, 0.1) is 5.92 Å². The van der Waals surface area contributed by atoms with E-state index < -0.39 is 0 Å². The number of nitrogens with one attached hydrogen (secondary N) is 1. The molecule has 1 atom stereocenters. The molecule has 1 unspecified atom stereocenters. The van der Waals surface area contributed by atoms with Crippen LogP contribution >= 0.6 is 0 Å². The van der Waals surface area contributed by atoms with Crippen LogP contribution < -0.4 is 5.32 Å². The fraction of sp³-hybridized carbons (Fsp3) is 0.467. The molecule has 2 heterocycles. The van der Waals surface area contributed by atoms with Gasteiger partial charge >= 0.3 is 0 Å². The molecule has 19 heavy (non-hydrogen) atoms. The maximum absolute atomic E-state index is 5.45. The van der Waals surface area contributed by atoms with Gasteiger partial charge in [0.25, 0.3) is 0 Å². The summed E-state index contributed by atoms with van der Waals surface area (Å²) < 4.78 is 5.45. The van der Waals surface area contributed by atoms with Gasteiger partial charge in [-0.1, -0.05) is 23.4 Å². The van der Waals surface area contributed by atoms with Crippen molar-refractivity contribution in [2.45, 2.75) is 31.6 Å². The van der Waals surface area contributed by atoms with Crippen LogP contribution in [0.2, 0.25) is 0 Å². The molecule has 1 N–H and O–H groups in total.